The van der Waals surface area contributed by atoms with E-state index in [2.05, 4.69) is 13.8 Å². The van der Waals surface area contributed by atoms with Crippen molar-refractivity contribution in [1.29, 1.82) is 0 Å². The molecule has 4 heteroatoms. The fourth-order valence-electron chi connectivity index (χ4n) is 3.42. The van der Waals surface area contributed by atoms with Gasteiger partial charge in [-0.3, -0.25) is 9.59 Å². The summed E-state index contributed by atoms with van der Waals surface area (Å²) in [6.07, 6.45) is 7.90. The molecule has 1 heterocycles. The van der Waals surface area contributed by atoms with Crippen molar-refractivity contribution in [1.82, 2.24) is 4.90 Å². The third kappa shape index (κ3) is 2.67. The van der Waals surface area contributed by atoms with Crippen LogP contribution in [0.2, 0.25) is 0 Å². The molecule has 1 aliphatic carbocycles. The van der Waals surface area contributed by atoms with Crippen molar-refractivity contribution in [3.05, 3.63) is 12.2 Å². The summed E-state index contributed by atoms with van der Waals surface area (Å²) in [6.45, 7) is 4.17. The molecule has 1 N–H and O–H groups in total. The van der Waals surface area contributed by atoms with E-state index >= 15 is 0 Å². The predicted octanol–water partition coefficient (Wildman–Crippen LogP) is 2.44. The Hall–Kier alpha value is -1.32. The number of carbonyl (C=O) groups is 2. The first-order valence-electron chi connectivity index (χ1n) is 7.26. The van der Waals surface area contributed by atoms with Crippen LogP contribution < -0.4 is 0 Å². The van der Waals surface area contributed by atoms with Gasteiger partial charge in [-0.2, -0.15) is 0 Å². The molecule has 1 amide bonds. The Balaban J connectivity index is 2.17. The fourth-order valence-corrected chi connectivity index (χ4v) is 3.42. The number of nitrogens with zero attached hydrogens (tertiary/aromatic N) is 1. The summed E-state index contributed by atoms with van der Waals surface area (Å²) in [5, 5.41) is 9.28. The van der Waals surface area contributed by atoms with Crippen LogP contribution in [0, 0.1) is 11.8 Å². The maximum absolute atomic E-state index is 12.7. The highest BCUT2D eigenvalue weighted by Gasteiger charge is 2.41. The molecule has 0 radical (unpaired) electrons. The van der Waals surface area contributed by atoms with Crippen LogP contribution in [0.15, 0.2) is 12.2 Å². The molecule has 0 bridgehead atoms. The van der Waals surface area contributed by atoms with Gasteiger partial charge in [0, 0.05) is 12.1 Å². The quantitative estimate of drug-likeness (QED) is 0.797. The average Bonchev–Trinajstić information content (AvgIpc) is 2.79. The molecular formula is C15H23NO3. The topological polar surface area (TPSA) is 57.6 Å². The minimum atomic E-state index is -0.845. The third-order valence-corrected chi connectivity index (χ3v) is 4.58. The lowest BCUT2D eigenvalue weighted by Gasteiger charge is -2.34. The molecule has 4 nitrogen and oxygen atoms in total. The lowest BCUT2D eigenvalue weighted by molar-refractivity contribution is -0.151. The Morgan fingerprint density at radius 2 is 1.84 bits per heavy atom. The molecule has 0 spiro atoms. The summed E-state index contributed by atoms with van der Waals surface area (Å²) >= 11 is 0. The minimum absolute atomic E-state index is 0.0496. The van der Waals surface area contributed by atoms with E-state index in [1.807, 2.05) is 17.1 Å². The zero-order valence-corrected chi connectivity index (χ0v) is 11.7. The summed E-state index contributed by atoms with van der Waals surface area (Å²) in [5.74, 6) is -1.73. The van der Waals surface area contributed by atoms with Crippen LogP contribution in [0.3, 0.4) is 0 Å². The zero-order valence-electron chi connectivity index (χ0n) is 11.7. The lowest BCUT2D eigenvalue weighted by atomic mass is 9.82. The van der Waals surface area contributed by atoms with Crippen molar-refractivity contribution in [3.8, 4) is 0 Å². The van der Waals surface area contributed by atoms with E-state index in [0.29, 0.717) is 18.9 Å². The van der Waals surface area contributed by atoms with Gasteiger partial charge in [-0.1, -0.05) is 19.1 Å². The van der Waals surface area contributed by atoms with Crippen LogP contribution in [0.25, 0.3) is 0 Å². The van der Waals surface area contributed by atoms with Crippen molar-refractivity contribution in [2.24, 2.45) is 11.8 Å². The van der Waals surface area contributed by atoms with Crippen LogP contribution in [0.5, 0.6) is 0 Å². The number of aliphatic carboxylic acids is 1. The third-order valence-electron chi connectivity index (χ3n) is 4.58. The van der Waals surface area contributed by atoms with Crippen LogP contribution in [0.1, 0.15) is 46.0 Å². The number of carboxylic acid groups (broad SMARTS) is 1. The first kappa shape index (κ1) is 14.1. The molecule has 2 rings (SSSR count). The second-order valence-electron chi connectivity index (χ2n) is 5.73. The highest BCUT2D eigenvalue weighted by atomic mass is 16.4. The maximum atomic E-state index is 12.7. The molecule has 19 heavy (non-hydrogen) atoms. The first-order valence-corrected chi connectivity index (χ1v) is 7.26. The summed E-state index contributed by atoms with van der Waals surface area (Å²) in [6, 6.07) is 0.542. The monoisotopic (exact) mass is 265 g/mol. The summed E-state index contributed by atoms with van der Waals surface area (Å²) < 4.78 is 0. The minimum Gasteiger partial charge on any atom is -0.481 e. The van der Waals surface area contributed by atoms with E-state index in [9.17, 15) is 14.7 Å². The highest BCUT2D eigenvalue weighted by Crippen LogP contribution is 2.33. The number of rotatable bonds is 3. The summed E-state index contributed by atoms with van der Waals surface area (Å²) in [5.41, 5.74) is 0. The Kier molecular flexibility index (Phi) is 4.27. The number of carbonyl (C=O) groups excluding carboxylic acids is 1. The van der Waals surface area contributed by atoms with Crippen molar-refractivity contribution in [2.75, 3.05) is 0 Å². The van der Waals surface area contributed by atoms with E-state index < -0.39 is 11.9 Å². The van der Waals surface area contributed by atoms with E-state index in [1.165, 1.54) is 0 Å². The molecule has 0 aromatic carbocycles. The predicted molar refractivity (Wildman–Crippen MR) is 72.6 cm³/mol. The lowest BCUT2D eigenvalue weighted by Crippen LogP contribution is -2.46. The van der Waals surface area contributed by atoms with Crippen LogP contribution in [-0.4, -0.2) is 34.0 Å². The number of amides is 1. The largest absolute Gasteiger partial charge is 0.481 e. The molecule has 0 aromatic rings. The number of hydrogen-bond acceptors (Lipinski definition) is 2. The van der Waals surface area contributed by atoms with Gasteiger partial charge < -0.3 is 10.0 Å². The fraction of sp³-hybridized carbons (Fsp3) is 0.733. The zero-order chi connectivity index (χ0) is 14.0. The number of carboxylic acids is 1. The van der Waals surface area contributed by atoms with E-state index in [4.69, 9.17) is 0 Å². The molecule has 0 aromatic heterocycles. The maximum Gasteiger partial charge on any atom is 0.307 e. The van der Waals surface area contributed by atoms with Crippen molar-refractivity contribution < 1.29 is 14.7 Å². The highest BCUT2D eigenvalue weighted by molar-refractivity contribution is 5.86. The Labute approximate surface area is 114 Å². The van der Waals surface area contributed by atoms with E-state index in [0.717, 1.165) is 19.3 Å². The van der Waals surface area contributed by atoms with Gasteiger partial charge in [-0.25, -0.2) is 0 Å². The Morgan fingerprint density at radius 3 is 2.42 bits per heavy atom. The van der Waals surface area contributed by atoms with E-state index in [1.54, 1.807) is 0 Å². The Bertz CT molecular complexity index is 391. The molecule has 1 saturated heterocycles. The van der Waals surface area contributed by atoms with Gasteiger partial charge in [0.15, 0.2) is 0 Å². The molecular weight excluding hydrogens is 242 g/mol. The number of allylic oxidation sites excluding steroid dienone is 2. The summed E-state index contributed by atoms with van der Waals surface area (Å²) in [7, 11) is 0. The standard InChI is InChI=1S/C15H23NO3/c1-3-11-9-8-10(2)16(11)14(17)12-6-4-5-7-13(12)15(18)19/h4-5,10-13H,3,6-9H2,1-2H3,(H,18,19). The SMILES string of the molecule is CCC1CCC(C)N1C(=O)C1CC=CCC1C(=O)O. The van der Waals surface area contributed by atoms with Gasteiger partial charge in [-0.15, -0.1) is 0 Å². The van der Waals surface area contributed by atoms with Crippen molar-refractivity contribution in [2.45, 2.75) is 58.0 Å². The van der Waals surface area contributed by atoms with Gasteiger partial charge in [-0.05, 0) is 39.0 Å². The average molecular weight is 265 g/mol. The number of likely N-dealkylation sites (tertiary alicyclic amines) is 1. The summed E-state index contributed by atoms with van der Waals surface area (Å²) in [4.78, 5) is 26.0. The molecule has 2 aliphatic rings. The first-order chi connectivity index (χ1) is 9.06. The van der Waals surface area contributed by atoms with Gasteiger partial charge >= 0.3 is 5.97 Å². The Morgan fingerprint density at radius 1 is 1.21 bits per heavy atom. The van der Waals surface area contributed by atoms with Crippen molar-refractivity contribution in [3.63, 3.8) is 0 Å². The molecule has 0 saturated carbocycles. The van der Waals surface area contributed by atoms with Gasteiger partial charge in [0.25, 0.3) is 0 Å². The molecule has 4 atom stereocenters. The van der Waals surface area contributed by atoms with Gasteiger partial charge in [0.1, 0.15) is 0 Å². The molecule has 1 aliphatic heterocycles. The van der Waals surface area contributed by atoms with Crippen LogP contribution in [-0.2, 0) is 9.59 Å². The number of hydrogen-bond donors (Lipinski definition) is 1. The molecule has 4 unspecified atom stereocenters. The van der Waals surface area contributed by atoms with Gasteiger partial charge in [0.2, 0.25) is 5.91 Å². The van der Waals surface area contributed by atoms with Gasteiger partial charge in [0.05, 0.1) is 11.8 Å². The van der Waals surface area contributed by atoms with E-state index in [-0.39, 0.29) is 17.9 Å². The van der Waals surface area contributed by atoms with Crippen molar-refractivity contribution >= 4 is 11.9 Å². The smallest absolute Gasteiger partial charge is 0.307 e. The molecule has 106 valence electrons. The normalized spacial score (nSPS) is 34.5. The second-order valence-corrected chi connectivity index (χ2v) is 5.73. The van der Waals surface area contributed by atoms with Crippen LogP contribution >= 0.6 is 0 Å². The second kappa shape index (κ2) is 5.76. The molecule has 1 fully saturated rings. The van der Waals surface area contributed by atoms with Crippen LogP contribution in [0.4, 0.5) is 0 Å².